The van der Waals surface area contributed by atoms with E-state index in [2.05, 4.69) is 25.3 Å². The lowest BCUT2D eigenvalue weighted by Crippen LogP contribution is -2.50. The molecular formula is C55H59Cl2N8O21P2+. The van der Waals surface area contributed by atoms with Gasteiger partial charge in [0.05, 0.1) is 55.6 Å². The number of methoxy groups -OCH3 is 1. The highest BCUT2D eigenvalue weighted by Gasteiger charge is 2.73. The summed E-state index contributed by atoms with van der Waals surface area (Å²) in [5, 5.41) is 31.3. The number of rotatable bonds is 25. The van der Waals surface area contributed by atoms with Crippen LogP contribution in [0.1, 0.15) is 74.7 Å². The molecule has 6 aromatic rings. The number of phosphoric ester groups is 1. The molecule has 29 nitrogen and oxygen atoms in total. The first-order valence-electron chi connectivity index (χ1n) is 27.3. The summed E-state index contributed by atoms with van der Waals surface area (Å²) in [6.45, 7) is 0.640. The molecule has 4 N–H and O–H groups in total. The molecule has 0 aliphatic carbocycles. The minimum absolute atomic E-state index is 0.0322. The molecule has 468 valence electrons. The lowest BCUT2D eigenvalue weighted by atomic mass is 10.1. The number of anilines is 1. The van der Waals surface area contributed by atoms with Gasteiger partial charge in [-0.15, -0.1) is 0 Å². The first-order valence-corrected chi connectivity index (χ1v) is 30.7. The Bertz CT molecular complexity index is 3660. The second-order valence-corrected chi connectivity index (χ2v) is 23.6. The number of aromatic amines is 1. The van der Waals surface area contributed by atoms with Crippen molar-refractivity contribution >= 4 is 73.7 Å². The summed E-state index contributed by atoms with van der Waals surface area (Å²) >= 11 is 12.4. The van der Waals surface area contributed by atoms with Gasteiger partial charge in [0.1, 0.15) is 48.5 Å². The Hall–Kier alpha value is -7.10. The number of ether oxygens (including phenoxy) is 8. The summed E-state index contributed by atoms with van der Waals surface area (Å²) in [5.41, 5.74) is -0.746. The van der Waals surface area contributed by atoms with Crippen LogP contribution in [0, 0.1) is 11.3 Å². The van der Waals surface area contributed by atoms with Gasteiger partial charge in [0, 0.05) is 50.3 Å². The third kappa shape index (κ3) is 15.7. The number of imidazole rings is 1. The van der Waals surface area contributed by atoms with Crippen molar-refractivity contribution in [2.75, 3.05) is 45.5 Å². The van der Waals surface area contributed by atoms with Crippen molar-refractivity contribution in [2.24, 2.45) is 0 Å². The van der Waals surface area contributed by atoms with Gasteiger partial charge in [-0.1, -0.05) is 47.5 Å². The van der Waals surface area contributed by atoms with E-state index in [1.807, 2.05) is 6.07 Å². The third-order valence-electron chi connectivity index (χ3n) is 13.8. The van der Waals surface area contributed by atoms with Gasteiger partial charge in [-0.2, -0.15) is 5.26 Å². The molecule has 0 saturated carbocycles. The minimum atomic E-state index is -4.68. The van der Waals surface area contributed by atoms with Crippen LogP contribution in [0.5, 0.6) is 17.2 Å². The average molecular weight is 1300 g/mol. The molecule has 33 heteroatoms. The lowest BCUT2D eigenvalue weighted by Gasteiger charge is -2.29. The SMILES string of the molecule is COc1ccc(C(=O)Nc2ncnc3c2ncn3[C@@H]2O[C@H](COC(=O)CCC(C)=O)[C@@H](OP(=O)(OCCC#N)Oc3ccccc3Cl)[C@H]2OC2CCCO2)cc1.O=c1ccn([C@@H]2O[C@H](CO)[C@](O)([P+](=O)Oc3ccccc3Cl)[C@H]2OC2CCCO2)c(=O)[nH]1. The third-order valence-corrected chi connectivity index (χ3v) is 17.3. The monoisotopic (exact) mass is 1300 g/mol. The summed E-state index contributed by atoms with van der Waals surface area (Å²) in [7, 11) is -6.18. The standard InChI is InChI=1S/C36H38ClN6O12P.C19H20ClN2O9P/c1-22(44)10-15-28(45)50-19-27-31(55-56(47,51-18-6-16-38)54-26-8-4-3-7-25(26)37)32(53-29-9-5-17-49-29)36(52-27)43-21-41-30-33(39-20-40-34(30)43)42-35(46)23-11-13-24(48-2)14-12-23;20-11-4-1-2-5-12(11)31-32(27)19(26)13(10-23)29-17(16(19)30-15-6-3-9-28-15)22-8-7-14(24)21-18(22)25/h3-4,7-8,11-14,20-21,27,29,31-32,36H,5-6,9-10,15,17-19H2,1-2H3,(H,39,40,42,46);1-2,4-5,7-8,13,15-17,23,26H,3,6,9-10H2/p+1/t27-,29?,31-,32-,36-,56?;13-,15?,16+,17-,19+/m11/s1. The number of ketones is 1. The molecule has 88 heavy (non-hydrogen) atoms. The molecule has 4 aliphatic heterocycles. The second-order valence-electron chi connectivity index (χ2n) is 19.8. The predicted octanol–water partition coefficient (Wildman–Crippen LogP) is 6.69. The molecule has 4 saturated heterocycles. The van der Waals surface area contributed by atoms with E-state index < -0.39 is 113 Å². The summed E-state index contributed by atoms with van der Waals surface area (Å²) in [5.74, 6) is -0.683. The molecule has 7 heterocycles. The number of H-pyrrole nitrogens is 1. The van der Waals surface area contributed by atoms with E-state index in [1.165, 1.54) is 55.5 Å². The van der Waals surface area contributed by atoms with E-state index in [1.54, 1.807) is 48.5 Å². The smallest absolute Gasteiger partial charge is 0.497 e. The van der Waals surface area contributed by atoms with Crippen LogP contribution in [0.25, 0.3) is 11.2 Å². The van der Waals surface area contributed by atoms with Gasteiger partial charge in [-0.05, 0) is 72.9 Å². The average Bonchev–Trinajstić information content (AvgIpc) is 1.70. The Morgan fingerprint density at radius 1 is 0.898 bits per heavy atom. The van der Waals surface area contributed by atoms with Crippen LogP contribution in [0.3, 0.4) is 0 Å². The number of benzene rings is 3. The number of nitrogens with one attached hydrogen (secondary N) is 2. The number of amides is 1. The Morgan fingerprint density at radius 2 is 1.59 bits per heavy atom. The number of hydrogen-bond acceptors (Lipinski definition) is 25. The number of Topliss-reactive ketones (excluding diaryl/α,β-unsaturated/α-hetero) is 1. The normalized spacial score (nSPS) is 24.8. The molecule has 4 aliphatic rings. The molecule has 4 unspecified atom stereocenters. The summed E-state index contributed by atoms with van der Waals surface area (Å²) < 4.78 is 99.9. The molecule has 0 bridgehead atoms. The van der Waals surface area contributed by atoms with Crippen LogP contribution in [0.4, 0.5) is 5.82 Å². The van der Waals surface area contributed by atoms with Gasteiger partial charge in [-0.25, -0.2) is 24.3 Å². The van der Waals surface area contributed by atoms with Crippen molar-refractivity contribution in [3.05, 3.63) is 134 Å². The van der Waals surface area contributed by atoms with Gasteiger partial charge in [0.25, 0.3) is 11.5 Å². The largest absolute Gasteiger partial charge is 0.598 e. The number of fused-ring (bicyclic) bond motifs is 1. The summed E-state index contributed by atoms with van der Waals surface area (Å²) in [6.07, 6.45) is -4.93. The maximum atomic E-state index is 14.5. The Morgan fingerprint density at radius 3 is 2.23 bits per heavy atom. The van der Waals surface area contributed by atoms with Crippen LogP contribution in [0.15, 0.2) is 107 Å². The lowest BCUT2D eigenvalue weighted by molar-refractivity contribution is -0.188. The molecule has 10 rings (SSSR count). The van der Waals surface area contributed by atoms with Gasteiger partial charge >= 0.3 is 32.9 Å². The highest BCUT2D eigenvalue weighted by atomic mass is 35.5. The number of esters is 1. The fraction of sp³-hybridized carbons (Fsp3) is 0.436. The van der Waals surface area contributed by atoms with E-state index in [-0.39, 0.29) is 70.2 Å². The Labute approximate surface area is 511 Å². The Balaban J connectivity index is 0.000000243. The highest BCUT2D eigenvalue weighted by molar-refractivity contribution is 7.49. The van der Waals surface area contributed by atoms with E-state index in [0.29, 0.717) is 50.2 Å². The number of nitrogens with zero attached hydrogens (tertiary/aromatic N) is 6. The number of phosphoric acid groups is 1. The molecule has 0 spiro atoms. The number of hydrogen-bond donors (Lipinski definition) is 4. The number of aliphatic hydroxyl groups excluding tert-OH is 1. The maximum Gasteiger partial charge on any atom is 0.598 e. The molecule has 1 amide bonds. The van der Waals surface area contributed by atoms with Crippen molar-refractivity contribution in [1.82, 2.24) is 29.1 Å². The van der Waals surface area contributed by atoms with Crippen LogP contribution in [-0.4, -0.2) is 146 Å². The number of nitriles is 1. The first-order chi connectivity index (χ1) is 42.4. The van der Waals surface area contributed by atoms with E-state index in [4.69, 9.17) is 79.2 Å². The number of carbonyl (C=O) groups is 3. The van der Waals surface area contributed by atoms with Gasteiger partial charge in [0.15, 0.2) is 54.2 Å². The Kier molecular flexibility index (Phi) is 22.2. The van der Waals surface area contributed by atoms with Crippen molar-refractivity contribution in [3.63, 3.8) is 0 Å². The van der Waals surface area contributed by atoms with Crippen LogP contribution >= 0.6 is 39.1 Å². The van der Waals surface area contributed by atoms with Gasteiger partial charge < -0.3 is 62.7 Å². The van der Waals surface area contributed by atoms with Crippen LogP contribution < -0.4 is 30.4 Å². The predicted molar refractivity (Wildman–Crippen MR) is 306 cm³/mol. The molecule has 12 atom stereocenters. The zero-order chi connectivity index (χ0) is 62.5. The van der Waals surface area contributed by atoms with Crippen molar-refractivity contribution < 1.29 is 89.7 Å². The number of aromatic nitrogens is 6. The molecular weight excluding hydrogens is 1240 g/mol. The van der Waals surface area contributed by atoms with Crippen LogP contribution in [-0.2, 0) is 60.9 Å². The summed E-state index contributed by atoms with van der Waals surface area (Å²) in [6, 6.07) is 21.9. The van der Waals surface area contributed by atoms with E-state index in [9.17, 15) is 48.6 Å². The van der Waals surface area contributed by atoms with Crippen molar-refractivity contribution in [2.45, 2.75) is 113 Å². The second kappa shape index (κ2) is 29.9. The fourth-order valence-electron chi connectivity index (χ4n) is 9.45. The number of para-hydroxylation sites is 2. The van der Waals surface area contributed by atoms with Crippen molar-refractivity contribution in [3.8, 4) is 23.3 Å². The topological polar surface area (TPSA) is 371 Å². The zero-order valence-electron chi connectivity index (χ0n) is 46.9. The fourth-order valence-corrected chi connectivity index (χ4v) is 12.6. The summed E-state index contributed by atoms with van der Waals surface area (Å²) in [4.78, 5) is 76.6. The quantitative estimate of drug-likeness (QED) is 0.0263. The molecule has 0 radical (unpaired) electrons. The van der Waals surface area contributed by atoms with Gasteiger partial charge in [-0.3, -0.25) is 42.1 Å². The highest BCUT2D eigenvalue weighted by Crippen LogP contribution is 2.56. The molecule has 4 fully saturated rings. The van der Waals surface area contributed by atoms with Crippen molar-refractivity contribution in [1.29, 1.82) is 5.26 Å². The molecule has 3 aromatic carbocycles. The molecule has 3 aromatic heterocycles. The van der Waals surface area contributed by atoms with Gasteiger partial charge in [0.2, 0.25) is 5.75 Å². The maximum absolute atomic E-state index is 14.5. The number of halogens is 2. The zero-order valence-corrected chi connectivity index (χ0v) is 50.2. The number of carbonyl (C=O) groups excluding carboxylic acids is 3. The minimum Gasteiger partial charge on any atom is -0.497 e. The van der Waals surface area contributed by atoms with E-state index in [0.717, 1.165) is 16.8 Å². The van der Waals surface area contributed by atoms with Crippen LogP contribution in [0.2, 0.25) is 10.0 Å². The van der Waals surface area contributed by atoms with E-state index >= 15 is 0 Å². The first kappa shape index (κ1) is 65.3. The number of aliphatic hydroxyl groups is 2.